The van der Waals surface area contributed by atoms with Crippen molar-refractivity contribution in [1.82, 2.24) is 15.0 Å². The molecule has 2 N–H and O–H groups in total. The lowest BCUT2D eigenvalue weighted by atomic mass is 10.1. The highest BCUT2D eigenvalue weighted by molar-refractivity contribution is 5.74. The Balaban J connectivity index is 2.61. The van der Waals surface area contributed by atoms with Gasteiger partial charge in [-0.3, -0.25) is 0 Å². The van der Waals surface area contributed by atoms with Crippen molar-refractivity contribution in [2.75, 3.05) is 0 Å². The summed E-state index contributed by atoms with van der Waals surface area (Å²) in [5.74, 6) is 0. The van der Waals surface area contributed by atoms with Gasteiger partial charge in [-0.25, -0.2) is 4.68 Å². The van der Waals surface area contributed by atoms with Gasteiger partial charge in [0.1, 0.15) is 11.2 Å². The van der Waals surface area contributed by atoms with Crippen molar-refractivity contribution in [2.45, 2.75) is 32.4 Å². The van der Waals surface area contributed by atoms with Crippen LogP contribution in [0.5, 0.6) is 0 Å². The zero-order valence-corrected chi connectivity index (χ0v) is 9.14. The fraction of sp³-hybridized carbons (Fsp3) is 0.455. The molecule has 1 aromatic heterocycles. The minimum Gasteiger partial charge on any atom is -0.307 e. The smallest absolute Gasteiger partial charge is 0.113 e. The van der Waals surface area contributed by atoms with Gasteiger partial charge in [0.25, 0.3) is 0 Å². The molecule has 0 fully saturated rings. The van der Waals surface area contributed by atoms with E-state index < -0.39 is 5.66 Å². The van der Waals surface area contributed by atoms with E-state index in [2.05, 4.69) is 24.2 Å². The van der Waals surface area contributed by atoms with Crippen LogP contribution in [0, 0.1) is 0 Å². The van der Waals surface area contributed by atoms with Gasteiger partial charge in [-0.15, -0.1) is 5.10 Å². The highest BCUT2D eigenvalue weighted by atomic mass is 15.5. The summed E-state index contributed by atoms with van der Waals surface area (Å²) in [5.41, 5.74) is 7.77. The quantitative estimate of drug-likeness (QED) is 0.830. The van der Waals surface area contributed by atoms with Crippen LogP contribution in [0.1, 0.15) is 26.7 Å². The van der Waals surface area contributed by atoms with Crippen molar-refractivity contribution >= 4 is 11.0 Å². The molecule has 1 heterocycles. The first-order chi connectivity index (χ1) is 7.21. The molecule has 0 aliphatic heterocycles. The highest BCUT2D eigenvalue weighted by Gasteiger charge is 2.25. The third-order valence-corrected chi connectivity index (χ3v) is 3.00. The van der Waals surface area contributed by atoms with E-state index >= 15 is 0 Å². The lowest BCUT2D eigenvalue weighted by molar-refractivity contribution is 0.248. The van der Waals surface area contributed by atoms with Crippen molar-refractivity contribution < 1.29 is 0 Å². The summed E-state index contributed by atoms with van der Waals surface area (Å²) in [6, 6.07) is 7.89. The number of nitrogens with two attached hydrogens (primary N) is 1. The molecule has 0 aliphatic carbocycles. The number of para-hydroxylation sites is 1. The Bertz CT molecular complexity index is 456. The summed E-state index contributed by atoms with van der Waals surface area (Å²) in [4.78, 5) is 0. The van der Waals surface area contributed by atoms with E-state index in [1.165, 1.54) is 0 Å². The van der Waals surface area contributed by atoms with Crippen LogP contribution in [0.3, 0.4) is 0 Å². The molecule has 4 nitrogen and oxygen atoms in total. The second kappa shape index (κ2) is 3.62. The number of aromatic nitrogens is 3. The predicted octanol–water partition coefficient (Wildman–Crippen LogP) is 1.86. The van der Waals surface area contributed by atoms with Gasteiger partial charge in [0.15, 0.2) is 0 Å². The fourth-order valence-corrected chi connectivity index (χ4v) is 1.75. The molecule has 1 aromatic carbocycles. The first-order valence-corrected chi connectivity index (χ1v) is 5.31. The molecule has 80 valence electrons. The van der Waals surface area contributed by atoms with Gasteiger partial charge in [-0.1, -0.05) is 31.2 Å². The number of hydrogen-bond acceptors (Lipinski definition) is 3. The Kier molecular flexibility index (Phi) is 2.44. The molecule has 15 heavy (non-hydrogen) atoms. The van der Waals surface area contributed by atoms with Crippen molar-refractivity contribution in [3.63, 3.8) is 0 Å². The Hall–Kier alpha value is -1.42. The van der Waals surface area contributed by atoms with E-state index in [-0.39, 0.29) is 0 Å². The highest BCUT2D eigenvalue weighted by Crippen LogP contribution is 2.22. The summed E-state index contributed by atoms with van der Waals surface area (Å²) < 4.78 is 1.84. The average Bonchev–Trinajstić information content (AvgIpc) is 2.72. The van der Waals surface area contributed by atoms with Gasteiger partial charge in [0.05, 0.1) is 5.52 Å². The van der Waals surface area contributed by atoms with Crippen molar-refractivity contribution in [2.24, 2.45) is 5.73 Å². The lowest BCUT2D eigenvalue weighted by Gasteiger charge is -2.27. The van der Waals surface area contributed by atoms with Crippen molar-refractivity contribution in [3.8, 4) is 0 Å². The van der Waals surface area contributed by atoms with Crippen LogP contribution in [-0.4, -0.2) is 15.0 Å². The molecule has 0 unspecified atom stereocenters. The number of hydrogen-bond donors (Lipinski definition) is 1. The van der Waals surface area contributed by atoms with Crippen molar-refractivity contribution in [1.29, 1.82) is 0 Å². The maximum Gasteiger partial charge on any atom is 0.113 e. The molecule has 2 aromatic rings. The van der Waals surface area contributed by atoms with E-state index in [9.17, 15) is 0 Å². The molecule has 0 bridgehead atoms. The molecule has 0 atom stereocenters. The van der Waals surface area contributed by atoms with E-state index in [4.69, 9.17) is 5.73 Å². The van der Waals surface area contributed by atoms with Gasteiger partial charge in [0.2, 0.25) is 0 Å². The zero-order valence-electron chi connectivity index (χ0n) is 9.14. The predicted molar refractivity (Wildman–Crippen MR) is 60.3 cm³/mol. The van der Waals surface area contributed by atoms with E-state index in [0.717, 1.165) is 23.9 Å². The summed E-state index contributed by atoms with van der Waals surface area (Å²) in [6.45, 7) is 4.14. The fourth-order valence-electron chi connectivity index (χ4n) is 1.75. The topological polar surface area (TPSA) is 56.7 Å². The van der Waals surface area contributed by atoms with Gasteiger partial charge >= 0.3 is 0 Å². The first kappa shape index (κ1) is 10.1. The van der Waals surface area contributed by atoms with Gasteiger partial charge in [-0.05, 0) is 25.0 Å². The summed E-state index contributed by atoms with van der Waals surface area (Å²) >= 11 is 0. The second-order valence-electron chi connectivity index (χ2n) is 3.80. The van der Waals surface area contributed by atoms with E-state index in [1.54, 1.807) is 0 Å². The summed E-state index contributed by atoms with van der Waals surface area (Å²) in [5, 5.41) is 8.26. The monoisotopic (exact) mass is 204 g/mol. The van der Waals surface area contributed by atoms with Gasteiger partial charge < -0.3 is 5.73 Å². The minimum atomic E-state index is -0.421. The molecule has 0 saturated carbocycles. The largest absolute Gasteiger partial charge is 0.307 e. The molecule has 0 saturated heterocycles. The molecule has 4 heteroatoms. The van der Waals surface area contributed by atoms with Crippen molar-refractivity contribution in [3.05, 3.63) is 24.3 Å². The van der Waals surface area contributed by atoms with Crippen LogP contribution >= 0.6 is 0 Å². The van der Waals surface area contributed by atoms with Crippen LogP contribution in [0.2, 0.25) is 0 Å². The molecule has 0 aliphatic rings. The maximum atomic E-state index is 6.29. The SMILES string of the molecule is CCC(N)(CC)n1nnc2ccccc21. The van der Waals surface area contributed by atoms with Crippen LogP contribution in [0.4, 0.5) is 0 Å². The van der Waals surface area contributed by atoms with Crippen LogP contribution in [0.25, 0.3) is 11.0 Å². The minimum absolute atomic E-state index is 0.421. The van der Waals surface area contributed by atoms with Crippen LogP contribution < -0.4 is 5.73 Å². The maximum absolute atomic E-state index is 6.29. The first-order valence-electron chi connectivity index (χ1n) is 5.31. The van der Waals surface area contributed by atoms with E-state index in [0.29, 0.717) is 0 Å². The molecule has 0 amide bonds. The normalized spacial score (nSPS) is 12.2. The van der Waals surface area contributed by atoms with Gasteiger partial charge in [-0.2, -0.15) is 0 Å². The number of nitrogens with zero attached hydrogens (tertiary/aromatic N) is 3. The Morgan fingerprint density at radius 2 is 1.93 bits per heavy atom. The summed E-state index contributed by atoms with van der Waals surface area (Å²) in [6.07, 6.45) is 1.69. The van der Waals surface area contributed by atoms with Gasteiger partial charge in [0, 0.05) is 0 Å². The zero-order chi connectivity index (χ0) is 10.9. The standard InChI is InChI=1S/C11H16N4/c1-3-11(12,4-2)15-10-8-6-5-7-9(10)13-14-15/h5-8H,3-4,12H2,1-2H3. The second-order valence-corrected chi connectivity index (χ2v) is 3.80. The molecular formula is C11H16N4. The summed E-state index contributed by atoms with van der Waals surface area (Å²) in [7, 11) is 0. The Labute approximate surface area is 89.1 Å². The Morgan fingerprint density at radius 1 is 1.27 bits per heavy atom. The van der Waals surface area contributed by atoms with Crippen LogP contribution in [-0.2, 0) is 5.66 Å². The molecule has 0 radical (unpaired) electrons. The number of rotatable bonds is 3. The average molecular weight is 204 g/mol. The molecular weight excluding hydrogens is 188 g/mol. The number of fused-ring (bicyclic) bond motifs is 1. The Morgan fingerprint density at radius 3 is 2.60 bits per heavy atom. The van der Waals surface area contributed by atoms with E-state index in [1.807, 2.05) is 28.9 Å². The third kappa shape index (κ3) is 1.51. The molecule has 2 rings (SSSR count). The lowest BCUT2D eigenvalue weighted by Crippen LogP contribution is -2.42. The molecule has 0 spiro atoms. The van der Waals surface area contributed by atoms with Crippen LogP contribution in [0.15, 0.2) is 24.3 Å². The third-order valence-electron chi connectivity index (χ3n) is 3.00. The number of benzene rings is 1.